The molecule has 0 radical (unpaired) electrons. The van der Waals surface area contributed by atoms with Gasteiger partial charge in [-0.25, -0.2) is 20.0 Å². The van der Waals surface area contributed by atoms with Gasteiger partial charge in [-0.1, -0.05) is 23.7 Å². The zero-order valence-electron chi connectivity index (χ0n) is 17.1. The van der Waals surface area contributed by atoms with Crippen molar-refractivity contribution in [1.82, 2.24) is 9.91 Å². The van der Waals surface area contributed by atoms with Gasteiger partial charge in [-0.2, -0.15) is 18.4 Å². The molecule has 0 aliphatic carbocycles. The summed E-state index contributed by atoms with van der Waals surface area (Å²) in [6.45, 7) is 0. The van der Waals surface area contributed by atoms with Gasteiger partial charge < -0.3 is 15.0 Å². The summed E-state index contributed by atoms with van der Waals surface area (Å²) in [4.78, 5) is 24.8. The zero-order chi connectivity index (χ0) is 24.9. The number of para-hydroxylation sites is 1. The SMILES string of the molecule is CN(C)C(=O)/C=C(/N(N)C(=O)Nc1cc(Oc2ccccc2C#N)c(Cl)cc1F)C(F)(F)F. The fourth-order valence-electron chi connectivity index (χ4n) is 2.29. The van der Waals surface area contributed by atoms with Crippen LogP contribution in [0.5, 0.6) is 11.5 Å². The number of carbonyl (C=O) groups is 2. The molecule has 0 aliphatic heterocycles. The molecule has 33 heavy (non-hydrogen) atoms. The average Bonchev–Trinajstić information content (AvgIpc) is 2.73. The molecule has 0 fully saturated rings. The van der Waals surface area contributed by atoms with Crippen LogP contribution < -0.4 is 15.9 Å². The zero-order valence-corrected chi connectivity index (χ0v) is 17.8. The number of likely N-dealkylation sites (N-methyl/N-ethyl adjacent to an activating group) is 1. The average molecular weight is 486 g/mol. The Labute approximate surface area is 190 Å². The maximum atomic E-state index is 14.3. The number of nitrogens with one attached hydrogen (secondary N) is 1. The second-order valence-corrected chi connectivity index (χ2v) is 6.94. The number of carbonyl (C=O) groups excluding carboxylic acids is 2. The first-order valence-electron chi connectivity index (χ1n) is 8.87. The van der Waals surface area contributed by atoms with Crippen LogP contribution in [0.25, 0.3) is 0 Å². The number of nitrogens with zero attached hydrogens (tertiary/aromatic N) is 3. The van der Waals surface area contributed by atoms with Gasteiger partial charge in [0.05, 0.1) is 16.3 Å². The lowest BCUT2D eigenvalue weighted by atomic mass is 10.2. The number of anilines is 1. The molecular formula is C20H16ClF4N5O3. The fourth-order valence-corrected chi connectivity index (χ4v) is 2.48. The quantitative estimate of drug-likeness (QED) is 0.214. The Morgan fingerprint density at radius 2 is 1.85 bits per heavy atom. The third-order valence-corrected chi connectivity index (χ3v) is 4.26. The van der Waals surface area contributed by atoms with E-state index in [9.17, 15) is 27.2 Å². The van der Waals surface area contributed by atoms with Crippen LogP contribution in [0.15, 0.2) is 48.2 Å². The molecule has 2 rings (SSSR count). The van der Waals surface area contributed by atoms with Crippen molar-refractivity contribution in [2.24, 2.45) is 5.84 Å². The molecule has 0 heterocycles. The Morgan fingerprint density at radius 3 is 2.42 bits per heavy atom. The predicted molar refractivity (Wildman–Crippen MR) is 111 cm³/mol. The van der Waals surface area contributed by atoms with Crippen molar-refractivity contribution in [3.8, 4) is 17.6 Å². The van der Waals surface area contributed by atoms with Crippen molar-refractivity contribution in [2.75, 3.05) is 19.4 Å². The van der Waals surface area contributed by atoms with Crippen LogP contribution >= 0.6 is 11.6 Å². The summed E-state index contributed by atoms with van der Waals surface area (Å²) in [5.74, 6) is 2.94. The third-order valence-electron chi connectivity index (χ3n) is 3.96. The molecule has 0 saturated carbocycles. The number of hydrogen-bond donors (Lipinski definition) is 2. The molecule has 2 aromatic carbocycles. The summed E-state index contributed by atoms with van der Waals surface area (Å²) >= 11 is 5.95. The molecular weight excluding hydrogens is 470 g/mol. The van der Waals surface area contributed by atoms with Gasteiger partial charge in [0.2, 0.25) is 5.91 Å². The van der Waals surface area contributed by atoms with Gasteiger partial charge in [-0.3, -0.25) is 4.79 Å². The Balaban J connectivity index is 2.36. The summed E-state index contributed by atoms with van der Waals surface area (Å²) in [7, 11) is 2.39. The first-order chi connectivity index (χ1) is 15.3. The highest BCUT2D eigenvalue weighted by Crippen LogP contribution is 2.35. The van der Waals surface area contributed by atoms with E-state index in [1.54, 1.807) is 12.1 Å². The maximum absolute atomic E-state index is 14.3. The molecule has 0 spiro atoms. The minimum Gasteiger partial charge on any atom is -0.454 e. The van der Waals surface area contributed by atoms with Crippen LogP contribution in [0, 0.1) is 17.1 Å². The summed E-state index contributed by atoms with van der Waals surface area (Å²) < 4.78 is 59.8. The first-order valence-corrected chi connectivity index (χ1v) is 9.25. The van der Waals surface area contributed by atoms with Gasteiger partial charge in [0, 0.05) is 26.2 Å². The number of ether oxygens (including phenoxy) is 1. The fraction of sp³-hybridized carbons (Fsp3) is 0.150. The molecule has 0 aromatic heterocycles. The summed E-state index contributed by atoms with van der Waals surface area (Å²) in [6.07, 6.45) is -5.06. The number of urea groups is 1. The first kappa shape index (κ1) is 25.4. The Hall–Kier alpha value is -3.82. The molecule has 2 aromatic rings. The van der Waals surface area contributed by atoms with E-state index in [4.69, 9.17) is 27.4 Å². The Bertz CT molecular complexity index is 1150. The lowest BCUT2D eigenvalue weighted by Gasteiger charge is -2.23. The van der Waals surface area contributed by atoms with Crippen molar-refractivity contribution in [2.45, 2.75) is 6.18 Å². The molecule has 3 amide bonds. The number of hydrogen-bond acceptors (Lipinski definition) is 5. The van der Waals surface area contributed by atoms with Crippen molar-refractivity contribution in [3.05, 3.63) is 64.6 Å². The van der Waals surface area contributed by atoms with Crippen LogP contribution in [0.1, 0.15) is 5.56 Å². The van der Waals surface area contributed by atoms with Gasteiger partial charge in [-0.15, -0.1) is 0 Å². The minimum atomic E-state index is -5.18. The summed E-state index contributed by atoms with van der Waals surface area (Å²) in [5.41, 5.74) is -2.28. The number of hydrazine groups is 1. The third kappa shape index (κ3) is 6.34. The molecule has 0 bridgehead atoms. The number of amides is 3. The topological polar surface area (TPSA) is 112 Å². The monoisotopic (exact) mass is 485 g/mol. The highest BCUT2D eigenvalue weighted by Gasteiger charge is 2.40. The van der Waals surface area contributed by atoms with Crippen LogP contribution in [0.3, 0.4) is 0 Å². The van der Waals surface area contributed by atoms with Gasteiger partial charge in [0.15, 0.2) is 0 Å². The van der Waals surface area contributed by atoms with Crippen LogP contribution in [-0.4, -0.2) is 42.1 Å². The lowest BCUT2D eigenvalue weighted by molar-refractivity contribution is -0.126. The van der Waals surface area contributed by atoms with E-state index < -0.39 is 35.3 Å². The van der Waals surface area contributed by atoms with Crippen molar-refractivity contribution in [1.29, 1.82) is 5.26 Å². The number of nitrogens with two attached hydrogens (primary N) is 1. The highest BCUT2D eigenvalue weighted by atomic mass is 35.5. The summed E-state index contributed by atoms with van der Waals surface area (Å²) in [5, 5.41) is 10.4. The second kappa shape index (κ2) is 10.2. The van der Waals surface area contributed by atoms with Crippen molar-refractivity contribution >= 4 is 29.2 Å². The van der Waals surface area contributed by atoms with E-state index in [-0.39, 0.29) is 33.2 Å². The van der Waals surface area contributed by atoms with Crippen molar-refractivity contribution in [3.63, 3.8) is 0 Å². The molecule has 174 valence electrons. The molecule has 3 N–H and O–H groups in total. The molecule has 0 unspecified atom stereocenters. The van der Waals surface area contributed by atoms with E-state index in [2.05, 4.69) is 0 Å². The minimum absolute atomic E-state index is 0.0655. The largest absolute Gasteiger partial charge is 0.454 e. The Kier molecular flexibility index (Phi) is 7.86. The van der Waals surface area contributed by atoms with Gasteiger partial charge >= 0.3 is 12.2 Å². The second-order valence-electron chi connectivity index (χ2n) is 6.53. The van der Waals surface area contributed by atoms with E-state index in [0.717, 1.165) is 17.0 Å². The van der Waals surface area contributed by atoms with E-state index in [1.165, 1.54) is 26.2 Å². The number of halogens is 5. The van der Waals surface area contributed by atoms with Crippen molar-refractivity contribution < 1.29 is 31.9 Å². The van der Waals surface area contributed by atoms with Crippen LogP contribution in [0.2, 0.25) is 5.02 Å². The van der Waals surface area contributed by atoms with E-state index in [0.29, 0.717) is 0 Å². The standard InChI is InChI=1S/C20H16ClF4N5O3/c1-29(2)18(31)9-17(20(23,24)25)30(27)19(32)28-14-8-16(12(21)7-13(14)22)33-15-6-4-3-5-11(15)10-26/h3-9H,27H2,1-2H3,(H,28,32)/b17-9+. The molecule has 0 atom stereocenters. The number of alkyl halides is 3. The molecule has 13 heteroatoms. The van der Waals surface area contributed by atoms with Crippen LogP contribution in [0.4, 0.5) is 28.0 Å². The maximum Gasteiger partial charge on any atom is 0.433 e. The van der Waals surface area contributed by atoms with E-state index >= 15 is 0 Å². The normalized spacial score (nSPS) is 11.4. The molecule has 0 aliphatic rings. The predicted octanol–water partition coefficient (Wildman–Crippen LogP) is 4.39. The Morgan fingerprint density at radius 1 is 1.21 bits per heavy atom. The van der Waals surface area contributed by atoms with Gasteiger partial charge in [0.25, 0.3) is 0 Å². The number of nitriles is 1. The lowest BCUT2D eigenvalue weighted by Crippen LogP contribution is -2.45. The molecule has 8 nitrogen and oxygen atoms in total. The highest BCUT2D eigenvalue weighted by molar-refractivity contribution is 6.32. The molecule has 0 saturated heterocycles. The number of rotatable bonds is 5. The number of benzene rings is 2. The summed E-state index contributed by atoms with van der Waals surface area (Å²) in [6, 6.07) is 7.94. The van der Waals surface area contributed by atoms with Gasteiger partial charge in [-0.05, 0) is 18.2 Å². The van der Waals surface area contributed by atoms with Crippen LogP contribution in [-0.2, 0) is 4.79 Å². The van der Waals surface area contributed by atoms with Gasteiger partial charge in [0.1, 0.15) is 29.1 Å². The van der Waals surface area contributed by atoms with E-state index in [1.807, 2.05) is 11.4 Å². The number of allylic oxidation sites excluding steroid dienone is 1. The smallest absolute Gasteiger partial charge is 0.433 e.